The molecule has 2 aliphatic rings. The molecule has 2 aromatic rings. The van der Waals surface area contributed by atoms with E-state index in [1.165, 1.54) is 7.11 Å². The predicted octanol–water partition coefficient (Wildman–Crippen LogP) is 4.85. The molecular formula is C27H24N2O3. The first-order chi connectivity index (χ1) is 15.6. The van der Waals surface area contributed by atoms with Crippen LogP contribution in [-0.4, -0.2) is 25.5 Å². The van der Waals surface area contributed by atoms with E-state index in [0.29, 0.717) is 29.8 Å². The number of nitrogens with two attached hydrogens (primary N) is 1. The number of carbonyl (C=O) groups is 2. The van der Waals surface area contributed by atoms with E-state index in [0.717, 1.165) is 22.4 Å². The molecule has 160 valence electrons. The van der Waals surface area contributed by atoms with Gasteiger partial charge in [0.25, 0.3) is 5.91 Å². The lowest BCUT2D eigenvalue weighted by atomic mass is 9.98. The number of carbonyl (C=O) groups excluding carboxylic acids is 2. The van der Waals surface area contributed by atoms with Crippen LogP contribution in [0.2, 0.25) is 0 Å². The molecule has 1 heterocycles. The third-order valence-electron chi connectivity index (χ3n) is 5.46. The quantitative estimate of drug-likeness (QED) is 0.564. The Balaban J connectivity index is 1.64. The normalized spacial score (nSPS) is 20.7. The SMILES string of the molecule is COC(=O)C1=C/C=C\C(C2=Cc3ccccc3N(C(=O)c3ccc(N)cc3)CC2)=C/C=C\1. The van der Waals surface area contributed by atoms with E-state index in [1.54, 1.807) is 36.4 Å². The molecule has 32 heavy (non-hydrogen) atoms. The Labute approximate surface area is 187 Å². The van der Waals surface area contributed by atoms with Crippen LogP contribution in [0.1, 0.15) is 22.3 Å². The molecule has 0 spiro atoms. The molecule has 0 atom stereocenters. The summed E-state index contributed by atoms with van der Waals surface area (Å²) in [6.45, 7) is 0.546. The molecule has 0 fully saturated rings. The van der Waals surface area contributed by atoms with Gasteiger partial charge in [0.2, 0.25) is 0 Å². The molecule has 1 aliphatic heterocycles. The molecule has 0 unspecified atom stereocenters. The maximum absolute atomic E-state index is 13.3. The maximum atomic E-state index is 13.3. The van der Waals surface area contributed by atoms with E-state index >= 15 is 0 Å². The Hall–Kier alpha value is -4.12. The fourth-order valence-electron chi connectivity index (χ4n) is 3.78. The second-order valence-corrected chi connectivity index (χ2v) is 7.51. The molecule has 4 rings (SSSR count). The molecule has 0 radical (unpaired) electrons. The molecule has 0 saturated carbocycles. The number of ether oxygens (including phenoxy) is 1. The summed E-state index contributed by atoms with van der Waals surface area (Å²) in [7, 11) is 1.37. The van der Waals surface area contributed by atoms with Gasteiger partial charge >= 0.3 is 5.97 Å². The smallest absolute Gasteiger partial charge is 0.337 e. The second kappa shape index (κ2) is 9.35. The van der Waals surface area contributed by atoms with Gasteiger partial charge in [-0.25, -0.2) is 4.79 Å². The molecule has 1 amide bonds. The number of benzene rings is 2. The minimum Gasteiger partial charge on any atom is -0.465 e. The summed E-state index contributed by atoms with van der Waals surface area (Å²) in [5, 5.41) is 0. The minimum atomic E-state index is -0.373. The van der Waals surface area contributed by atoms with Crippen molar-refractivity contribution < 1.29 is 14.3 Å². The monoisotopic (exact) mass is 424 g/mol. The van der Waals surface area contributed by atoms with Crippen LogP contribution in [0.15, 0.2) is 102 Å². The zero-order valence-electron chi connectivity index (χ0n) is 17.8. The molecule has 2 aromatic carbocycles. The largest absolute Gasteiger partial charge is 0.465 e. The van der Waals surface area contributed by atoms with Crippen molar-refractivity contribution in [3.63, 3.8) is 0 Å². The Morgan fingerprint density at radius 2 is 1.72 bits per heavy atom. The molecule has 0 aromatic heterocycles. The Bertz CT molecular complexity index is 1200. The van der Waals surface area contributed by atoms with Crippen LogP contribution in [-0.2, 0) is 9.53 Å². The number of hydrogen-bond acceptors (Lipinski definition) is 4. The molecule has 0 saturated heterocycles. The van der Waals surface area contributed by atoms with E-state index in [9.17, 15) is 9.59 Å². The number of nitrogen functional groups attached to an aromatic ring is 1. The van der Waals surface area contributed by atoms with Gasteiger partial charge in [0.15, 0.2) is 0 Å². The third kappa shape index (κ3) is 4.47. The topological polar surface area (TPSA) is 72.6 Å². The van der Waals surface area contributed by atoms with Crippen LogP contribution in [0.3, 0.4) is 0 Å². The number of anilines is 2. The van der Waals surface area contributed by atoms with Gasteiger partial charge in [-0.15, -0.1) is 0 Å². The summed E-state index contributed by atoms with van der Waals surface area (Å²) >= 11 is 0. The first kappa shape index (κ1) is 21.1. The average molecular weight is 425 g/mol. The van der Waals surface area contributed by atoms with Gasteiger partial charge in [0.05, 0.1) is 18.4 Å². The lowest BCUT2D eigenvalue weighted by Gasteiger charge is -2.23. The number of allylic oxidation sites excluding steroid dienone is 6. The molecule has 1 aliphatic carbocycles. The fourth-order valence-corrected chi connectivity index (χ4v) is 3.78. The van der Waals surface area contributed by atoms with Crippen molar-refractivity contribution in [3.8, 4) is 0 Å². The molecule has 5 heteroatoms. The number of hydrogen-bond donors (Lipinski definition) is 1. The Morgan fingerprint density at radius 1 is 0.969 bits per heavy atom. The van der Waals surface area contributed by atoms with Crippen molar-refractivity contribution >= 4 is 29.3 Å². The number of rotatable bonds is 3. The van der Waals surface area contributed by atoms with Crippen molar-refractivity contribution in [1.82, 2.24) is 0 Å². The van der Waals surface area contributed by atoms with Crippen molar-refractivity contribution in [2.75, 3.05) is 24.3 Å². The van der Waals surface area contributed by atoms with Crippen LogP contribution < -0.4 is 10.6 Å². The number of methoxy groups -OCH3 is 1. The molecular weight excluding hydrogens is 400 g/mol. The number of esters is 1. The average Bonchev–Trinajstić information content (AvgIpc) is 2.98. The molecule has 2 N–H and O–H groups in total. The van der Waals surface area contributed by atoms with E-state index in [1.807, 2.05) is 53.5 Å². The number of para-hydroxylation sites is 1. The van der Waals surface area contributed by atoms with Gasteiger partial charge in [0.1, 0.15) is 0 Å². The predicted molar refractivity (Wildman–Crippen MR) is 128 cm³/mol. The highest BCUT2D eigenvalue weighted by Crippen LogP contribution is 2.32. The Morgan fingerprint density at radius 3 is 2.50 bits per heavy atom. The van der Waals surface area contributed by atoms with Gasteiger partial charge in [0, 0.05) is 17.8 Å². The van der Waals surface area contributed by atoms with E-state index in [-0.39, 0.29) is 11.9 Å². The standard InChI is InChI=1S/C27H24N2O3/c1-32-27(31)21-9-4-7-19(8-5-10-21)22-16-17-29(25-11-3-2-6-23(25)18-22)26(30)20-12-14-24(28)15-13-20/h2-15,18H,16-17,28H2,1H3/b7-4-,8-5?,9-4?,10-5-,19-7?,19-8+,21-9+,21-10?. The van der Waals surface area contributed by atoms with Gasteiger partial charge < -0.3 is 15.4 Å². The van der Waals surface area contributed by atoms with Gasteiger partial charge in [-0.3, -0.25) is 4.79 Å². The zero-order chi connectivity index (χ0) is 22.5. The van der Waals surface area contributed by atoms with E-state index in [2.05, 4.69) is 6.08 Å². The van der Waals surface area contributed by atoms with Crippen LogP contribution >= 0.6 is 0 Å². The highest BCUT2D eigenvalue weighted by atomic mass is 16.5. The molecule has 5 nitrogen and oxygen atoms in total. The molecule has 0 bridgehead atoms. The summed E-state index contributed by atoms with van der Waals surface area (Å²) < 4.78 is 4.79. The first-order valence-corrected chi connectivity index (χ1v) is 10.4. The van der Waals surface area contributed by atoms with Crippen LogP contribution in [0.5, 0.6) is 0 Å². The minimum absolute atomic E-state index is 0.0557. The van der Waals surface area contributed by atoms with Crippen LogP contribution in [0.25, 0.3) is 6.08 Å². The summed E-state index contributed by atoms with van der Waals surface area (Å²) in [5.74, 6) is -0.429. The zero-order valence-corrected chi connectivity index (χ0v) is 17.8. The third-order valence-corrected chi connectivity index (χ3v) is 5.46. The van der Waals surface area contributed by atoms with E-state index in [4.69, 9.17) is 10.5 Å². The maximum Gasteiger partial charge on any atom is 0.337 e. The number of amides is 1. The Kier molecular flexibility index (Phi) is 6.17. The lowest BCUT2D eigenvalue weighted by Crippen LogP contribution is -2.32. The first-order valence-electron chi connectivity index (χ1n) is 10.4. The summed E-state index contributed by atoms with van der Waals surface area (Å²) in [6.07, 6.45) is 13.9. The summed E-state index contributed by atoms with van der Waals surface area (Å²) in [4.78, 5) is 26.9. The van der Waals surface area contributed by atoms with Gasteiger partial charge in [-0.05, 0) is 71.7 Å². The second-order valence-electron chi connectivity index (χ2n) is 7.51. The van der Waals surface area contributed by atoms with E-state index < -0.39 is 0 Å². The van der Waals surface area contributed by atoms with Crippen molar-refractivity contribution in [2.24, 2.45) is 0 Å². The number of fused-ring (bicyclic) bond motifs is 1. The van der Waals surface area contributed by atoms with Gasteiger partial charge in [-0.1, -0.05) is 42.5 Å². The van der Waals surface area contributed by atoms with Crippen LogP contribution in [0.4, 0.5) is 11.4 Å². The summed E-state index contributed by atoms with van der Waals surface area (Å²) in [5.41, 5.74) is 11.5. The van der Waals surface area contributed by atoms with Crippen LogP contribution in [0, 0.1) is 0 Å². The summed E-state index contributed by atoms with van der Waals surface area (Å²) in [6, 6.07) is 14.9. The highest BCUT2D eigenvalue weighted by Gasteiger charge is 2.23. The highest BCUT2D eigenvalue weighted by molar-refractivity contribution is 6.07. The van der Waals surface area contributed by atoms with Gasteiger partial charge in [-0.2, -0.15) is 0 Å². The van der Waals surface area contributed by atoms with Crippen molar-refractivity contribution in [2.45, 2.75) is 6.42 Å². The number of nitrogens with zero attached hydrogens (tertiary/aromatic N) is 1. The fraction of sp³-hybridized carbons (Fsp3) is 0.111. The van der Waals surface area contributed by atoms with Crippen molar-refractivity contribution in [1.29, 1.82) is 0 Å². The van der Waals surface area contributed by atoms with Crippen molar-refractivity contribution in [3.05, 3.63) is 113 Å². The lowest BCUT2D eigenvalue weighted by molar-refractivity contribution is -0.135.